The molecule has 0 spiro atoms. The zero-order chi connectivity index (χ0) is 11.1. The van der Waals surface area contributed by atoms with Gasteiger partial charge in [0.15, 0.2) is 5.76 Å². The summed E-state index contributed by atoms with van der Waals surface area (Å²) < 4.78 is 5.20. The van der Waals surface area contributed by atoms with Crippen molar-refractivity contribution in [2.24, 2.45) is 11.1 Å². The summed E-state index contributed by atoms with van der Waals surface area (Å²) in [5.41, 5.74) is 5.41. The highest BCUT2D eigenvalue weighted by atomic mass is 16.5. The third-order valence-corrected chi connectivity index (χ3v) is 3.66. The largest absolute Gasteiger partial charge is 0.381 e. The summed E-state index contributed by atoms with van der Waals surface area (Å²) in [6.07, 6.45) is 4.06. The Morgan fingerprint density at radius 1 is 1.60 bits per heavy atom. The standard InChI is InChI=1S/C11H18N2O2/c1-10(2)4-3-8-7-13-15-9(8)11(10,14)5-6-12/h7,14H,3-6,12H2,1-2H3. The topological polar surface area (TPSA) is 72.3 Å². The minimum atomic E-state index is -0.966. The van der Waals surface area contributed by atoms with Gasteiger partial charge in [-0.1, -0.05) is 19.0 Å². The molecule has 1 aliphatic rings. The van der Waals surface area contributed by atoms with Gasteiger partial charge in [-0.3, -0.25) is 0 Å². The molecule has 0 fully saturated rings. The van der Waals surface area contributed by atoms with Gasteiger partial charge in [0.25, 0.3) is 0 Å². The van der Waals surface area contributed by atoms with Crippen molar-refractivity contribution in [3.8, 4) is 0 Å². The van der Waals surface area contributed by atoms with Gasteiger partial charge in [0, 0.05) is 11.0 Å². The van der Waals surface area contributed by atoms with Crippen LogP contribution in [0.15, 0.2) is 10.7 Å². The SMILES string of the molecule is CC1(C)CCc2cnoc2C1(O)CCN. The van der Waals surface area contributed by atoms with E-state index in [2.05, 4.69) is 5.16 Å². The number of aromatic nitrogens is 1. The average molecular weight is 210 g/mol. The number of rotatable bonds is 2. The Morgan fingerprint density at radius 3 is 3.00 bits per heavy atom. The molecule has 1 aromatic heterocycles. The van der Waals surface area contributed by atoms with Gasteiger partial charge in [-0.25, -0.2) is 0 Å². The van der Waals surface area contributed by atoms with E-state index in [9.17, 15) is 5.11 Å². The van der Waals surface area contributed by atoms with Crippen molar-refractivity contribution in [1.82, 2.24) is 5.16 Å². The van der Waals surface area contributed by atoms with Gasteiger partial charge in [0.1, 0.15) is 5.60 Å². The van der Waals surface area contributed by atoms with Crippen molar-refractivity contribution in [2.45, 2.75) is 38.7 Å². The maximum Gasteiger partial charge on any atom is 0.171 e. The first-order chi connectivity index (χ1) is 7.01. The summed E-state index contributed by atoms with van der Waals surface area (Å²) in [7, 11) is 0. The lowest BCUT2D eigenvalue weighted by Gasteiger charge is -2.44. The number of nitrogens with zero attached hydrogens (tertiary/aromatic N) is 1. The monoisotopic (exact) mass is 210 g/mol. The van der Waals surface area contributed by atoms with Crippen LogP contribution in [0.5, 0.6) is 0 Å². The fraction of sp³-hybridized carbons (Fsp3) is 0.727. The Hall–Kier alpha value is -0.870. The Bertz CT molecular complexity index is 359. The minimum absolute atomic E-state index is 0.209. The molecule has 0 aliphatic heterocycles. The molecule has 0 saturated carbocycles. The predicted octanol–water partition coefficient (Wildman–Crippen LogP) is 1.18. The van der Waals surface area contributed by atoms with E-state index in [-0.39, 0.29) is 5.41 Å². The number of aryl methyl sites for hydroxylation is 1. The van der Waals surface area contributed by atoms with E-state index in [1.807, 2.05) is 13.8 Å². The highest BCUT2D eigenvalue weighted by Crippen LogP contribution is 2.49. The molecule has 3 N–H and O–H groups in total. The van der Waals surface area contributed by atoms with Crippen LogP contribution >= 0.6 is 0 Å². The van der Waals surface area contributed by atoms with Gasteiger partial charge in [0.2, 0.25) is 0 Å². The lowest BCUT2D eigenvalue weighted by atomic mass is 9.64. The molecule has 0 amide bonds. The van der Waals surface area contributed by atoms with Gasteiger partial charge in [0.05, 0.1) is 6.20 Å². The number of nitrogens with two attached hydrogens (primary N) is 1. The number of hydrogen-bond acceptors (Lipinski definition) is 4. The summed E-state index contributed by atoms with van der Waals surface area (Å²) in [4.78, 5) is 0. The molecule has 1 heterocycles. The normalized spacial score (nSPS) is 28.8. The Balaban J connectivity index is 2.48. The second-order valence-electron chi connectivity index (χ2n) is 4.96. The molecule has 1 aromatic rings. The quantitative estimate of drug-likeness (QED) is 0.769. The smallest absolute Gasteiger partial charge is 0.171 e. The average Bonchev–Trinajstić information content (AvgIpc) is 2.62. The first-order valence-electron chi connectivity index (χ1n) is 5.38. The van der Waals surface area contributed by atoms with Crippen molar-refractivity contribution < 1.29 is 9.63 Å². The maximum atomic E-state index is 10.7. The lowest BCUT2D eigenvalue weighted by Crippen LogP contribution is -2.46. The number of fused-ring (bicyclic) bond motifs is 1. The molecule has 2 rings (SSSR count). The van der Waals surface area contributed by atoms with Crippen LogP contribution in [0.25, 0.3) is 0 Å². The fourth-order valence-corrected chi connectivity index (χ4v) is 2.40. The van der Waals surface area contributed by atoms with E-state index in [0.29, 0.717) is 18.7 Å². The molecule has 0 saturated heterocycles. The maximum absolute atomic E-state index is 10.7. The van der Waals surface area contributed by atoms with Crippen LogP contribution in [0.3, 0.4) is 0 Å². The summed E-state index contributed by atoms with van der Waals surface area (Å²) >= 11 is 0. The number of hydrogen-bond donors (Lipinski definition) is 2. The van der Waals surface area contributed by atoms with Crippen molar-refractivity contribution in [2.75, 3.05) is 6.54 Å². The van der Waals surface area contributed by atoms with Gasteiger partial charge in [-0.05, 0) is 25.8 Å². The lowest BCUT2D eigenvalue weighted by molar-refractivity contribution is -0.108. The van der Waals surface area contributed by atoms with Crippen LogP contribution in [-0.2, 0) is 12.0 Å². The Kier molecular flexibility index (Phi) is 2.35. The van der Waals surface area contributed by atoms with E-state index < -0.39 is 5.60 Å². The molecule has 0 radical (unpaired) electrons. The highest BCUT2D eigenvalue weighted by molar-refractivity contribution is 5.27. The van der Waals surface area contributed by atoms with Crippen molar-refractivity contribution in [1.29, 1.82) is 0 Å². The molecule has 1 aliphatic carbocycles. The predicted molar refractivity (Wildman–Crippen MR) is 56.2 cm³/mol. The minimum Gasteiger partial charge on any atom is -0.381 e. The van der Waals surface area contributed by atoms with Crippen LogP contribution < -0.4 is 5.73 Å². The second kappa shape index (κ2) is 3.32. The van der Waals surface area contributed by atoms with Crippen LogP contribution in [0.2, 0.25) is 0 Å². The number of aliphatic hydroxyl groups is 1. The second-order valence-corrected chi connectivity index (χ2v) is 4.96. The molecule has 4 nitrogen and oxygen atoms in total. The molecule has 84 valence electrons. The molecule has 1 unspecified atom stereocenters. The van der Waals surface area contributed by atoms with Crippen molar-refractivity contribution in [3.05, 3.63) is 17.5 Å². The van der Waals surface area contributed by atoms with Crippen LogP contribution in [-0.4, -0.2) is 16.8 Å². The first-order valence-corrected chi connectivity index (χ1v) is 5.38. The Morgan fingerprint density at radius 2 is 2.33 bits per heavy atom. The third-order valence-electron chi connectivity index (χ3n) is 3.66. The summed E-state index contributed by atoms with van der Waals surface area (Å²) in [6.45, 7) is 4.54. The zero-order valence-corrected chi connectivity index (χ0v) is 9.29. The van der Waals surface area contributed by atoms with E-state index in [1.165, 1.54) is 0 Å². The van der Waals surface area contributed by atoms with Crippen LogP contribution in [0.4, 0.5) is 0 Å². The van der Waals surface area contributed by atoms with Gasteiger partial charge >= 0.3 is 0 Å². The zero-order valence-electron chi connectivity index (χ0n) is 9.29. The van der Waals surface area contributed by atoms with Gasteiger partial charge < -0.3 is 15.4 Å². The Labute approximate surface area is 89.4 Å². The van der Waals surface area contributed by atoms with Crippen LogP contribution in [0, 0.1) is 5.41 Å². The molecular weight excluding hydrogens is 192 g/mol. The van der Waals surface area contributed by atoms with Crippen molar-refractivity contribution >= 4 is 0 Å². The summed E-state index contributed by atoms with van der Waals surface area (Å²) in [5, 5.41) is 14.5. The molecule has 15 heavy (non-hydrogen) atoms. The summed E-state index contributed by atoms with van der Waals surface area (Å²) in [5.74, 6) is 0.615. The highest BCUT2D eigenvalue weighted by Gasteiger charge is 2.50. The molecule has 1 atom stereocenters. The molecular formula is C11H18N2O2. The van der Waals surface area contributed by atoms with E-state index in [1.54, 1.807) is 6.20 Å². The summed E-state index contributed by atoms with van der Waals surface area (Å²) in [6, 6.07) is 0. The van der Waals surface area contributed by atoms with Gasteiger partial charge in [-0.2, -0.15) is 0 Å². The molecule has 0 bridgehead atoms. The third kappa shape index (κ3) is 1.40. The van der Waals surface area contributed by atoms with Crippen molar-refractivity contribution in [3.63, 3.8) is 0 Å². The fourth-order valence-electron chi connectivity index (χ4n) is 2.40. The molecule has 4 heteroatoms. The van der Waals surface area contributed by atoms with E-state index in [4.69, 9.17) is 10.3 Å². The van der Waals surface area contributed by atoms with Crippen LogP contribution in [0.1, 0.15) is 38.0 Å². The first kappa shape index (κ1) is 10.6. The van der Waals surface area contributed by atoms with E-state index >= 15 is 0 Å². The molecule has 0 aromatic carbocycles. The van der Waals surface area contributed by atoms with E-state index in [0.717, 1.165) is 18.4 Å². The van der Waals surface area contributed by atoms with Gasteiger partial charge in [-0.15, -0.1) is 0 Å².